The molecule has 0 aromatic rings. The Morgan fingerprint density at radius 1 is 1.23 bits per heavy atom. The molecule has 0 aromatic carbocycles. The fraction of sp³-hybridized carbons (Fsp3) is 0.875. The summed E-state index contributed by atoms with van der Waals surface area (Å²) >= 11 is 0. The molecule has 2 saturated heterocycles. The van der Waals surface area contributed by atoms with Crippen molar-refractivity contribution in [1.29, 1.82) is 0 Å². The maximum absolute atomic E-state index is 12.0. The van der Waals surface area contributed by atoms with E-state index in [1.54, 1.807) is 4.90 Å². The summed E-state index contributed by atoms with van der Waals surface area (Å²) in [5.41, 5.74) is -0.472. The lowest BCUT2D eigenvalue weighted by atomic mass is 9.87. The van der Waals surface area contributed by atoms with Crippen LogP contribution in [0.15, 0.2) is 0 Å². The van der Waals surface area contributed by atoms with Crippen LogP contribution in [0.25, 0.3) is 0 Å². The van der Waals surface area contributed by atoms with Crippen molar-refractivity contribution in [3.8, 4) is 0 Å². The number of carbonyl (C=O) groups excluding carboxylic acids is 1. The number of piperidine rings is 1. The van der Waals surface area contributed by atoms with Gasteiger partial charge in [0.1, 0.15) is 5.60 Å². The van der Waals surface area contributed by atoms with Crippen LogP contribution < -0.4 is 0 Å². The molecule has 0 aromatic heterocycles. The molecule has 0 saturated carbocycles. The summed E-state index contributed by atoms with van der Waals surface area (Å²) in [5.74, 6) is -0.707. The van der Waals surface area contributed by atoms with Crippen molar-refractivity contribution in [3.05, 3.63) is 0 Å². The number of rotatable bonds is 3. The topological polar surface area (TPSA) is 76.1 Å². The van der Waals surface area contributed by atoms with Crippen molar-refractivity contribution in [2.75, 3.05) is 19.7 Å². The van der Waals surface area contributed by atoms with Crippen LogP contribution in [0, 0.1) is 11.8 Å². The Kier molecular flexibility index (Phi) is 5.32. The van der Waals surface area contributed by atoms with Gasteiger partial charge in [-0.15, -0.1) is 0 Å². The first-order valence-corrected chi connectivity index (χ1v) is 8.08. The summed E-state index contributed by atoms with van der Waals surface area (Å²) in [6.45, 7) is 7.47. The second-order valence-electron chi connectivity index (χ2n) is 7.29. The molecule has 2 fully saturated rings. The van der Waals surface area contributed by atoms with Gasteiger partial charge in [0.25, 0.3) is 0 Å². The lowest BCUT2D eigenvalue weighted by Gasteiger charge is -2.34. The van der Waals surface area contributed by atoms with Crippen molar-refractivity contribution >= 4 is 12.1 Å². The molecule has 2 atom stereocenters. The summed E-state index contributed by atoms with van der Waals surface area (Å²) in [5, 5.41) is 9.19. The Hall–Kier alpha value is -1.30. The summed E-state index contributed by atoms with van der Waals surface area (Å²) in [4.78, 5) is 24.9. The SMILES string of the molecule is CC(C)(C)OC(=O)N1CCC(C[C@H]2OCC[C@H]2C(=O)O)CC1. The monoisotopic (exact) mass is 313 g/mol. The van der Waals surface area contributed by atoms with Crippen molar-refractivity contribution < 1.29 is 24.2 Å². The minimum Gasteiger partial charge on any atom is -0.481 e. The number of hydrogen-bond acceptors (Lipinski definition) is 4. The molecular weight excluding hydrogens is 286 g/mol. The smallest absolute Gasteiger partial charge is 0.410 e. The second kappa shape index (κ2) is 6.86. The molecule has 6 nitrogen and oxygen atoms in total. The van der Waals surface area contributed by atoms with Crippen LogP contribution in [-0.4, -0.2) is 53.5 Å². The minimum atomic E-state index is -0.756. The second-order valence-corrected chi connectivity index (χ2v) is 7.29. The Labute approximate surface area is 131 Å². The zero-order valence-electron chi connectivity index (χ0n) is 13.7. The lowest BCUT2D eigenvalue weighted by molar-refractivity contribution is -0.143. The molecule has 126 valence electrons. The van der Waals surface area contributed by atoms with E-state index >= 15 is 0 Å². The van der Waals surface area contributed by atoms with E-state index in [1.165, 1.54) is 0 Å². The quantitative estimate of drug-likeness (QED) is 0.866. The van der Waals surface area contributed by atoms with Crippen LogP contribution in [-0.2, 0) is 14.3 Å². The van der Waals surface area contributed by atoms with Gasteiger partial charge >= 0.3 is 12.1 Å². The minimum absolute atomic E-state index is 0.171. The van der Waals surface area contributed by atoms with Gasteiger partial charge in [0.05, 0.1) is 12.0 Å². The van der Waals surface area contributed by atoms with E-state index in [4.69, 9.17) is 9.47 Å². The third kappa shape index (κ3) is 4.60. The number of likely N-dealkylation sites (tertiary alicyclic amines) is 1. The first kappa shape index (κ1) is 17.1. The van der Waals surface area contributed by atoms with E-state index in [0.29, 0.717) is 32.0 Å². The molecule has 22 heavy (non-hydrogen) atoms. The van der Waals surface area contributed by atoms with Gasteiger partial charge < -0.3 is 19.5 Å². The molecule has 1 N–H and O–H groups in total. The summed E-state index contributed by atoms with van der Waals surface area (Å²) in [6.07, 6.45) is 2.72. The van der Waals surface area contributed by atoms with Gasteiger partial charge in [0, 0.05) is 19.7 Å². The Bertz CT molecular complexity index is 409. The average Bonchev–Trinajstić information content (AvgIpc) is 2.86. The van der Waals surface area contributed by atoms with Gasteiger partial charge in [0.2, 0.25) is 0 Å². The largest absolute Gasteiger partial charge is 0.481 e. The van der Waals surface area contributed by atoms with Crippen molar-refractivity contribution in [3.63, 3.8) is 0 Å². The van der Waals surface area contributed by atoms with Gasteiger partial charge in [-0.3, -0.25) is 4.79 Å². The lowest BCUT2D eigenvalue weighted by Crippen LogP contribution is -2.42. The van der Waals surface area contributed by atoms with Gasteiger partial charge in [-0.2, -0.15) is 0 Å². The van der Waals surface area contributed by atoms with Crippen LogP contribution >= 0.6 is 0 Å². The highest BCUT2D eigenvalue weighted by Crippen LogP contribution is 2.31. The zero-order chi connectivity index (χ0) is 16.3. The highest BCUT2D eigenvalue weighted by atomic mass is 16.6. The number of carbonyl (C=O) groups is 2. The fourth-order valence-corrected chi connectivity index (χ4v) is 3.17. The Morgan fingerprint density at radius 3 is 2.41 bits per heavy atom. The van der Waals surface area contributed by atoms with Crippen molar-refractivity contribution in [1.82, 2.24) is 4.90 Å². The van der Waals surface area contributed by atoms with E-state index in [2.05, 4.69) is 0 Å². The first-order chi connectivity index (χ1) is 10.3. The third-order valence-electron chi connectivity index (χ3n) is 4.36. The summed E-state index contributed by atoms with van der Waals surface area (Å²) in [7, 11) is 0. The zero-order valence-corrected chi connectivity index (χ0v) is 13.7. The number of nitrogens with zero attached hydrogens (tertiary/aromatic N) is 1. The van der Waals surface area contributed by atoms with Crippen LogP contribution in [0.1, 0.15) is 46.5 Å². The first-order valence-electron chi connectivity index (χ1n) is 8.08. The van der Waals surface area contributed by atoms with Crippen LogP contribution in [0.2, 0.25) is 0 Å². The predicted molar refractivity (Wildman–Crippen MR) is 80.6 cm³/mol. The van der Waals surface area contributed by atoms with Gasteiger partial charge in [-0.1, -0.05) is 0 Å². The molecule has 0 aliphatic carbocycles. The van der Waals surface area contributed by atoms with E-state index < -0.39 is 11.6 Å². The van der Waals surface area contributed by atoms with E-state index in [-0.39, 0.29) is 18.1 Å². The molecule has 0 spiro atoms. The Balaban J connectivity index is 1.78. The van der Waals surface area contributed by atoms with E-state index in [0.717, 1.165) is 19.3 Å². The van der Waals surface area contributed by atoms with Gasteiger partial charge in [-0.05, 0) is 52.4 Å². The molecular formula is C16H27NO5. The average molecular weight is 313 g/mol. The van der Waals surface area contributed by atoms with Crippen LogP contribution in [0.3, 0.4) is 0 Å². The number of hydrogen-bond donors (Lipinski definition) is 1. The third-order valence-corrected chi connectivity index (χ3v) is 4.36. The highest BCUT2D eigenvalue weighted by Gasteiger charge is 2.36. The Morgan fingerprint density at radius 2 is 1.86 bits per heavy atom. The van der Waals surface area contributed by atoms with Crippen LogP contribution in [0.5, 0.6) is 0 Å². The number of aliphatic carboxylic acids is 1. The molecule has 2 heterocycles. The molecule has 0 unspecified atom stereocenters. The van der Waals surface area contributed by atoms with Crippen molar-refractivity contribution in [2.24, 2.45) is 11.8 Å². The summed E-state index contributed by atoms with van der Waals surface area (Å²) < 4.78 is 11.0. The van der Waals surface area contributed by atoms with Gasteiger partial charge in [-0.25, -0.2) is 4.79 Å². The molecule has 0 radical (unpaired) electrons. The fourth-order valence-electron chi connectivity index (χ4n) is 3.17. The molecule has 1 amide bonds. The maximum Gasteiger partial charge on any atom is 0.410 e. The maximum atomic E-state index is 12.0. The molecule has 0 bridgehead atoms. The molecule has 6 heteroatoms. The molecule has 2 aliphatic heterocycles. The highest BCUT2D eigenvalue weighted by molar-refractivity contribution is 5.71. The van der Waals surface area contributed by atoms with Gasteiger partial charge in [0.15, 0.2) is 0 Å². The van der Waals surface area contributed by atoms with Crippen LogP contribution in [0.4, 0.5) is 4.79 Å². The van der Waals surface area contributed by atoms with E-state index in [1.807, 2.05) is 20.8 Å². The molecule has 2 aliphatic rings. The van der Waals surface area contributed by atoms with E-state index in [9.17, 15) is 14.7 Å². The number of ether oxygens (including phenoxy) is 2. The molecule has 2 rings (SSSR count). The van der Waals surface area contributed by atoms with Crippen molar-refractivity contribution in [2.45, 2.75) is 58.2 Å². The summed E-state index contributed by atoms with van der Waals surface area (Å²) in [6, 6.07) is 0. The predicted octanol–water partition coefficient (Wildman–Crippen LogP) is 2.51. The number of amides is 1. The normalized spacial score (nSPS) is 27.0. The number of carboxylic acids is 1. The number of carboxylic acid groups (broad SMARTS) is 1. The standard InChI is InChI=1S/C16H27NO5/c1-16(2,3)22-15(20)17-7-4-11(5-8-17)10-13-12(14(18)19)6-9-21-13/h11-13H,4-10H2,1-3H3,(H,18,19)/t12-,13-/m1/s1.